The number of hydrogen-bond acceptors (Lipinski definition) is 7. The highest BCUT2D eigenvalue weighted by atomic mass is 16.5. The van der Waals surface area contributed by atoms with Gasteiger partial charge in [0.25, 0.3) is 5.91 Å². The van der Waals surface area contributed by atoms with Crippen LogP contribution in [0.3, 0.4) is 0 Å². The Morgan fingerprint density at radius 3 is 2.51 bits per heavy atom. The minimum absolute atomic E-state index is 0.129. The smallest absolute Gasteiger partial charge is 0.407 e. The number of aromatic nitrogens is 5. The van der Waals surface area contributed by atoms with Gasteiger partial charge in [0, 0.05) is 61.2 Å². The van der Waals surface area contributed by atoms with Crippen LogP contribution in [0.15, 0.2) is 67.1 Å². The van der Waals surface area contributed by atoms with Crippen LogP contribution in [0.25, 0.3) is 33.5 Å². The normalized spacial score (nSPS) is 15.5. The van der Waals surface area contributed by atoms with Gasteiger partial charge >= 0.3 is 6.09 Å². The Morgan fingerprint density at radius 1 is 1.06 bits per heavy atom. The van der Waals surface area contributed by atoms with Crippen LogP contribution < -0.4 is 0 Å². The zero-order valence-electron chi connectivity index (χ0n) is 32.0. The number of nitrogens with zero attached hydrogens (tertiary/aromatic N) is 7. The number of fused-ring (bicyclic) bond motifs is 1. The molecule has 6 rings (SSSR count). The van der Waals surface area contributed by atoms with Crippen molar-refractivity contribution in [2.45, 2.75) is 84.7 Å². The van der Waals surface area contributed by atoms with Crippen LogP contribution in [0.1, 0.15) is 80.4 Å². The van der Waals surface area contributed by atoms with Gasteiger partial charge in [-0.15, -0.1) is 0 Å². The van der Waals surface area contributed by atoms with E-state index in [1.165, 1.54) is 4.90 Å². The van der Waals surface area contributed by atoms with Crippen LogP contribution in [0.4, 0.5) is 4.79 Å². The molecule has 1 aliphatic rings. The number of likely N-dealkylation sites (N-methyl/N-ethyl adjacent to an activating group) is 1. The van der Waals surface area contributed by atoms with E-state index >= 15 is 0 Å². The third kappa shape index (κ3) is 8.44. The second-order valence-corrected chi connectivity index (χ2v) is 15.4. The van der Waals surface area contributed by atoms with Crippen LogP contribution in [0.2, 0.25) is 0 Å². The standard InChI is InChI=1S/C41H52N8O4/c1-27(48(40(51)52)41(3,4)5)21-31-23-42-24-33(28(31)2)30-16-17-35-32(22-30)37(45-49(35)36-15-11-12-20-53-36)38-43-25-34(44-38)39(50)47(19-18-46(6)7)26-29-13-9-8-10-14-29/h8-10,13-14,16-17,22-25,27,36H,11-12,15,18-21,26H2,1-7H3,(H,43,44)(H,51,52). The molecule has 12 heteroatoms. The van der Waals surface area contributed by atoms with E-state index in [1.807, 2.05) is 94.1 Å². The number of carboxylic acid groups (broad SMARTS) is 1. The number of H-pyrrole nitrogens is 1. The summed E-state index contributed by atoms with van der Waals surface area (Å²) in [5, 5.41) is 16.0. The van der Waals surface area contributed by atoms with Crippen LogP contribution >= 0.6 is 0 Å². The summed E-state index contributed by atoms with van der Waals surface area (Å²) in [5.41, 5.74) is 6.39. The van der Waals surface area contributed by atoms with Gasteiger partial charge in [-0.25, -0.2) is 14.5 Å². The Labute approximate surface area is 311 Å². The predicted octanol–water partition coefficient (Wildman–Crippen LogP) is 7.41. The molecule has 2 atom stereocenters. The maximum atomic E-state index is 14.0. The third-order valence-corrected chi connectivity index (χ3v) is 10.0. The van der Waals surface area contributed by atoms with E-state index in [9.17, 15) is 14.7 Å². The fraction of sp³-hybridized carbons (Fsp3) is 0.439. The first-order chi connectivity index (χ1) is 25.3. The number of carbonyl (C=O) groups is 2. The van der Waals surface area contributed by atoms with Crippen molar-refractivity contribution in [1.82, 2.24) is 39.4 Å². The number of ether oxygens (including phenoxy) is 1. The summed E-state index contributed by atoms with van der Waals surface area (Å²) in [4.78, 5) is 44.3. The molecule has 280 valence electrons. The predicted molar refractivity (Wildman–Crippen MR) is 207 cm³/mol. The summed E-state index contributed by atoms with van der Waals surface area (Å²) in [6.07, 6.45) is 7.60. The Bertz CT molecular complexity index is 2040. The molecule has 1 saturated heterocycles. The molecule has 2 N–H and O–H groups in total. The molecule has 1 aliphatic heterocycles. The first-order valence-electron chi connectivity index (χ1n) is 18.4. The molecule has 2 amide bonds. The summed E-state index contributed by atoms with van der Waals surface area (Å²) in [7, 11) is 4.00. The Morgan fingerprint density at radius 2 is 1.83 bits per heavy atom. The minimum atomic E-state index is -0.941. The van der Waals surface area contributed by atoms with E-state index in [0.29, 0.717) is 43.3 Å². The lowest BCUT2D eigenvalue weighted by Gasteiger charge is -2.38. The van der Waals surface area contributed by atoms with E-state index in [2.05, 4.69) is 40.0 Å². The Kier molecular flexibility index (Phi) is 11.3. The number of nitrogens with one attached hydrogen (secondary N) is 1. The monoisotopic (exact) mass is 720 g/mol. The largest absolute Gasteiger partial charge is 0.465 e. The Hall–Kier alpha value is -5.07. The van der Waals surface area contributed by atoms with E-state index in [1.54, 1.807) is 6.20 Å². The molecule has 0 aliphatic carbocycles. The van der Waals surface area contributed by atoms with Crippen molar-refractivity contribution in [3.63, 3.8) is 0 Å². The maximum absolute atomic E-state index is 14.0. The number of imidazole rings is 1. The van der Waals surface area contributed by atoms with Crippen molar-refractivity contribution in [2.75, 3.05) is 33.8 Å². The molecule has 1 fully saturated rings. The lowest BCUT2D eigenvalue weighted by molar-refractivity contribution is -0.0365. The van der Waals surface area contributed by atoms with Crippen LogP contribution in [-0.4, -0.2) is 102 Å². The van der Waals surface area contributed by atoms with Gasteiger partial charge in [-0.05, 0) is 109 Å². The van der Waals surface area contributed by atoms with Crippen molar-refractivity contribution in [3.05, 3.63) is 89.5 Å². The topological polar surface area (TPSA) is 133 Å². The molecule has 4 heterocycles. The Balaban J connectivity index is 1.37. The fourth-order valence-corrected chi connectivity index (χ4v) is 7.33. The van der Waals surface area contributed by atoms with Gasteiger partial charge in [0.15, 0.2) is 12.1 Å². The van der Waals surface area contributed by atoms with Gasteiger partial charge in [0.2, 0.25) is 0 Å². The van der Waals surface area contributed by atoms with Gasteiger partial charge in [-0.2, -0.15) is 5.10 Å². The quantitative estimate of drug-likeness (QED) is 0.136. The van der Waals surface area contributed by atoms with Gasteiger partial charge in [0.05, 0.1) is 11.7 Å². The highest BCUT2D eigenvalue weighted by Crippen LogP contribution is 2.36. The van der Waals surface area contributed by atoms with E-state index < -0.39 is 11.6 Å². The summed E-state index contributed by atoms with van der Waals surface area (Å²) >= 11 is 0. The van der Waals surface area contributed by atoms with E-state index in [0.717, 1.165) is 64.5 Å². The third-order valence-electron chi connectivity index (χ3n) is 10.0. The summed E-state index contributed by atoms with van der Waals surface area (Å²) in [5.74, 6) is 0.376. The maximum Gasteiger partial charge on any atom is 0.407 e. The lowest BCUT2D eigenvalue weighted by atomic mass is 9.93. The average Bonchev–Trinajstić information content (AvgIpc) is 3.76. The van der Waals surface area contributed by atoms with Crippen molar-refractivity contribution in [3.8, 4) is 22.6 Å². The van der Waals surface area contributed by atoms with Gasteiger partial charge in [-0.3, -0.25) is 9.78 Å². The highest BCUT2D eigenvalue weighted by molar-refractivity contribution is 5.97. The van der Waals surface area contributed by atoms with E-state index in [4.69, 9.17) is 14.8 Å². The minimum Gasteiger partial charge on any atom is -0.465 e. The molecule has 0 spiro atoms. The summed E-state index contributed by atoms with van der Waals surface area (Å²) in [6, 6.07) is 16.0. The zero-order valence-corrected chi connectivity index (χ0v) is 32.0. The van der Waals surface area contributed by atoms with Gasteiger partial charge in [-0.1, -0.05) is 36.4 Å². The van der Waals surface area contributed by atoms with Crippen molar-refractivity contribution in [2.24, 2.45) is 0 Å². The number of amides is 2. The molecule has 2 unspecified atom stereocenters. The second kappa shape index (κ2) is 15.9. The average molecular weight is 721 g/mol. The van der Waals surface area contributed by atoms with Crippen molar-refractivity contribution >= 4 is 22.9 Å². The number of pyridine rings is 1. The van der Waals surface area contributed by atoms with Crippen LogP contribution in [-0.2, 0) is 17.7 Å². The number of benzene rings is 2. The fourth-order valence-electron chi connectivity index (χ4n) is 7.33. The molecule has 0 radical (unpaired) electrons. The molecule has 3 aromatic heterocycles. The van der Waals surface area contributed by atoms with Gasteiger partial charge in [0.1, 0.15) is 11.4 Å². The second-order valence-electron chi connectivity index (χ2n) is 15.4. The summed E-state index contributed by atoms with van der Waals surface area (Å²) < 4.78 is 8.15. The number of rotatable bonds is 12. The van der Waals surface area contributed by atoms with Crippen LogP contribution in [0, 0.1) is 6.92 Å². The molecular weight excluding hydrogens is 669 g/mol. The first-order valence-corrected chi connectivity index (χ1v) is 18.4. The first kappa shape index (κ1) is 37.7. The van der Waals surface area contributed by atoms with E-state index in [-0.39, 0.29) is 18.2 Å². The number of carbonyl (C=O) groups excluding carboxylic acids is 1. The summed E-state index contributed by atoms with van der Waals surface area (Å²) in [6.45, 7) is 12.2. The molecule has 5 aromatic rings. The lowest BCUT2D eigenvalue weighted by Crippen LogP contribution is -2.50. The molecular formula is C41H52N8O4. The molecule has 12 nitrogen and oxygen atoms in total. The highest BCUT2D eigenvalue weighted by Gasteiger charge is 2.31. The molecule has 53 heavy (non-hydrogen) atoms. The number of hydrogen-bond donors (Lipinski definition) is 2. The molecule has 0 bridgehead atoms. The number of aromatic amines is 1. The van der Waals surface area contributed by atoms with Gasteiger partial charge < -0.3 is 29.5 Å². The molecule has 0 saturated carbocycles. The zero-order chi connectivity index (χ0) is 37.9. The van der Waals surface area contributed by atoms with Crippen molar-refractivity contribution in [1.29, 1.82) is 0 Å². The van der Waals surface area contributed by atoms with Crippen LogP contribution in [0.5, 0.6) is 0 Å². The molecule has 2 aromatic carbocycles. The van der Waals surface area contributed by atoms with Crippen molar-refractivity contribution < 1.29 is 19.4 Å². The SMILES string of the molecule is Cc1c(CC(C)N(C(=O)O)C(C)(C)C)cncc1-c1ccc2c(c1)c(-c1ncc(C(=O)N(CCN(C)C)Cc3ccccc3)[nH]1)nn2C1CCCCO1.